The van der Waals surface area contributed by atoms with Gasteiger partial charge in [0.25, 0.3) is 0 Å². The van der Waals surface area contributed by atoms with Crippen LogP contribution in [0.3, 0.4) is 0 Å². The van der Waals surface area contributed by atoms with Gasteiger partial charge in [0.05, 0.1) is 48.7 Å². The Kier molecular flexibility index (Phi) is 13.8. The summed E-state index contributed by atoms with van der Waals surface area (Å²) in [6.45, 7) is 1.80. The molecule has 0 spiro atoms. The van der Waals surface area contributed by atoms with Gasteiger partial charge in [-0.2, -0.15) is 10.4 Å². The largest absolute Gasteiger partial charge is 0.460 e. The summed E-state index contributed by atoms with van der Waals surface area (Å²) in [4.78, 5) is 32.1. The van der Waals surface area contributed by atoms with Crippen molar-refractivity contribution in [3.8, 4) is 6.07 Å². The van der Waals surface area contributed by atoms with E-state index in [4.69, 9.17) is 24.2 Å². The number of nitrogens with zero attached hydrogens (tertiary/aromatic N) is 5. The molecule has 2 atom stereocenters. The fraction of sp³-hybridized carbons (Fsp3) is 0.308. The van der Waals surface area contributed by atoms with Crippen LogP contribution >= 0.6 is 11.8 Å². The molecule has 1 aliphatic heterocycles. The monoisotopic (exact) mass is 761 g/mol. The van der Waals surface area contributed by atoms with Crippen molar-refractivity contribution in [3.05, 3.63) is 137 Å². The van der Waals surface area contributed by atoms with Gasteiger partial charge in [0.15, 0.2) is 11.9 Å². The summed E-state index contributed by atoms with van der Waals surface area (Å²) in [7, 11) is 3.45. The molecule has 0 saturated carbocycles. The molecule has 1 aromatic heterocycles. The van der Waals surface area contributed by atoms with E-state index >= 15 is 4.39 Å². The number of allylic oxidation sites excluding steroid dienone is 2. The zero-order valence-electron chi connectivity index (χ0n) is 29.7. The number of rotatable bonds is 15. The molecule has 11 nitrogen and oxygen atoms in total. The Morgan fingerprint density at radius 2 is 1.87 bits per heavy atom. The molecule has 1 aliphatic rings. The van der Waals surface area contributed by atoms with Crippen molar-refractivity contribution >= 4 is 29.8 Å². The topological polar surface area (TPSA) is 129 Å². The van der Waals surface area contributed by atoms with E-state index < -0.39 is 46.5 Å². The number of aromatic nitrogens is 3. The normalized spacial score (nSPS) is 17.7. The van der Waals surface area contributed by atoms with Crippen molar-refractivity contribution in [1.82, 2.24) is 19.7 Å². The summed E-state index contributed by atoms with van der Waals surface area (Å²) in [5, 5.41) is 12.1. The number of nitriles is 1. The van der Waals surface area contributed by atoms with Crippen LogP contribution in [0.4, 0.5) is 13.2 Å². The molecule has 1 fully saturated rings. The number of likely N-dealkylation sites (N-methyl/N-ethyl adjacent to an activating group) is 1. The summed E-state index contributed by atoms with van der Waals surface area (Å²) in [6, 6.07) is 15.6. The molecule has 0 unspecified atom stereocenters. The number of carbonyl (C=O) groups is 2. The van der Waals surface area contributed by atoms with E-state index in [0.717, 1.165) is 18.2 Å². The average Bonchev–Trinajstić information content (AvgIpc) is 3.66. The molecule has 15 heteroatoms. The van der Waals surface area contributed by atoms with Crippen LogP contribution in [-0.4, -0.2) is 82.2 Å². The Morgan fingerprint density at radius 3 is 2.56 bits per heavy atom. The number of hydrogen-bond donors (Lipinski definition) is 0. The zero-order chi connectivity index (χ0) is 38.7. The molecule has 54 heavy (non-hydrogen) atoms. The third kappa shape index (κ3) is 10.4. The molecular weight excluding hydrogens is 724 g/mol. The predicted molar refractivity (Wildman–Crippen MR) is 194 cm³/mol. The van der Waals surface area contributed by atoms with E-state index in [1.165, 1.54) is 53.4 Å². The molecule has 282 valence electrons. The third-order valence-electron chi connectivity index (χ3n) is 8.33. The van der Waals surface area contributed by atoms with Gasteiger partial charge in [-0.1, -0.05) is 42.5 Å². The standard InChI is InChI=1S/C39H38F3N5O6S/c1-26(54-31-21-51-37(52-22-31)11-7-5-8-28-13-12-27(18-43)16-34(28)41)39(23-47-25-44-24-45-47,33-15-14-30(40)17-35(33)42)53-38(49)32-10-6-4-9-29(32)20-50-36(48)19-46(2)3/h4-17,24-26,31,37H,19-23H2,1-3H3/t26-,31-,37-,39-/m1/s1. The number of benzene rings is 3. The Hall–Kier alpha value is -5.27. The Labute approximate surface area is 315 Å². The second kappa shape index (κ2) is 18.7. The summed E-state index contributed by atoms with van der Waals surface area (Å²) < 4.78 is 69.4. The third-order valence-corrected chi connectivity index (χ3v) is 9.77. The van der Waals surface area contributed by atoms with Crippen LogP contribution < -0.4 is 0 Å². The fourth-order valence-electron chi connectivity index (χ4n) is 5.65. The highest BCUT2D eigenvalue weighted by molar-refractivity contribution is 8.00. The van der Waals surface area contributed by atoms with Crippen LogP contribution in [0.1, 0.15) is 39.5 Å². The number of halogens is 3. The number of carbonyl (C=O) groups excluding carboxylic acids is 2. The highest BCUT2D eigenvalue weighted by Crippen LogP contribution is 2.42. The van der Waals surface area contributed by atoms with Gasteiger partial charge in [-0.3, -0.25) is 9.69 Å². The number of ether oxygens (including phenoxy) is 4. The van der Waals surface area contributed by atoms with Gasteiger partial charge in [-0.05, 0) is 57.4 Å². The maximum atomic E-state index is 15.9. The molecule has 0 radical (unpaired) electrons. The van der Waals surface area contributed by atoms with E-state index in [2.05, 4.69) is 10.1 Å². The van der Waals surface area contributed by atoms with Crippen molar-refractivity contribution in [3.63, 3.8) is 0 Å². The maximum absolute atomic E-state index is 15.9. The molecule has 0 N–H and O–H groups in total. The molecule has 5 rings (SSSR count). The highest BCUT2D eigenvalue weighted by Gasteiger charge is 2.47. The van der Waals surface area contributed by atoms with Crippen LogP contribution in [-0.2, 0) is 42.5 Å². The summed E-state index contributed by atoms with van der Waals surface area (Å²) in [5.41, 5.74) is -0.879. The van der Waals surface area contributed by atoms with E-state index in [1.54, 1.807) is 68.4 Å². The molecule has 0 amide bonds. The molecule has 1 saturated heterocycles. The van der Waals surface area contributed by atoms with E-state index in [9.17, 15) is 18.4 Å². The lowest BCUT2D eigenvalue weighted by Crippen LogP contribution is -2.47. The first-order valence-corrected chi connectivity index (χ1v) is 17.7. The minimum absolute atomic E-state index is 0.0377. The molecular formula is C39H38F3N5O6S. The zero-order valence-corrected chi connectivity index (χ0v) is 30.5. The molecule has 0 bridgehead atoms. The van der Waals surface area contributed by atoms with Crippen LogP contribution in [0.25, 0.3) is 6.08 Å². The lowest BCUT2D eigenvalue weighted by molar-refractivity contribution is -0.146. The van der Waals surface area contributed by atoms with Crippen molar-refractivity contribution in [2.45, 2.75) is 42.5 Å². The lowest BCUT2D eigenvalue weighted by atomic mass is 9.89. The van der Waals surface area contributed by atoms with Gasteiger partial charge in [-0.25, -0.2) is 27.6 Å². The number of hydrogen-bond acceptors (Lipinski definition) is 11. The Bertz CT molecular complexity index is 2010. The smallest absolute Gasteiger partial charge is 0.339 e. The minimum Gasteiger partial charge on any atom is -0.460 e. The second-order valence-electron chi connectivity index (χ2n) is 12.6. The second-order valence-corrected chi connectivity index (χ2v) is 14.2. The average molecular weight is 762 g/mol. The molecule has 3 aromatic carbocycles. The lowest BCUT2D eigenvalue weighted by Gasteiger charge is -2.40. The van der Waals surface area contributed by atoms with Gasteiger partial charge in [-0.15, -0.1) is 11.8 Å². The molecule has 0 aliphatic carbocycles. The van der Waals surface area contributed by atoms with Crippen molar-refractivity contribution in [2.24, 2.45) is 0 Å². The summed E-state index contributed by atoms with van der Waals surface area (Å²) in [5.74, 6) is -3.59. The van der Waals surface area contributed by atoms with E-state index in [0.29, 0.717) is 11.1 Å². The van der Waals surface area contributed by atoms with E-state index in [-0.39, 0.29) is 54.9 Å². The fourth-order valence-corrected chi connectivity index (χ4v) is 7.01. The minimum atomic E-state index is -1.79. The summed E-state index contributed by atoms with van der Waals surface area (Å²) in [6.07, 6.45) is 8.46. The first-order valence-electron chi connectivity index (χ1n) is 16.8. The summed E-state index contributed by atoms with van der Waals surface area (Å²) >= 11 is 1.32. The molecule has 2 heterocycles. The van der Waals surface area contributed by atoms with Crippen LogP contribution in [0.5, 0.6) is 0 Å². The number of thioether (sulfide) groups is 1. The predicted octanol–water partition coefficient (Wildman–Crippen LogP) is 6.06. The first-order chi connectivity index (χ1) is 26.0. The van der Waals surface area contributed by atoms with Gasteiger partial charge < -0.3 is 18.9 Å². The maximum Gasteiger partial charge on any atom is 0.339 e. The quantitative estimate of drug-likeness (QED) is 0.104. The van der Waals surface area contributed by atoms with Gasteiger partial charge in [0.2, 0.25) is 0 Å². The van der Waals surface area contributed by atoms with Crippen molar-refractivity contribution in [2.75, 3.05) is 33.9 Å². The van der Waals surface area contributed by atoms with Gasteiger partial charge >= 0.3 is 11.9 Å². The van der Waals surface area contributed by atoms with E-state index in [1.807, 2.05) is 6.07 Å². The van der Waals surface area contributed by atoms with Crippen LogP contribution in [0.2, 0.25) is 0 Å². The van der Waals surface area contributed by atoms with Crippen LogP contribution in [0.15, 0.2) is 91.5 Å². The Morgan fingerprint density at radius 1 is 1.09 bits per heavy atom. The van der Waals surface area contributed by atoms with Crippen molar-refractivity contribution < 1.29 is 41.7 Å². The Balaban J connectivity index is 1.36. The SMILES string of the molecule is C[C@@H](S[C@H]1CO[C@H](C=CC=Cc2ccc(C#N)cc2F)OC1)[C@@](Cn1cncn1)(OC(=O)c1ccccc1COC(=O)CN(C)C)c1ccc(F)cc1F. The van der Waals surface area contributed by atoms with Crippen LogP contribution in [0, 0.1) is 28.8 Å². The molecule has 4 aromatic rings. The van der Waals surface area contributed by atoms with Gasteiger partial charge in [0, 0.05) is 28.0 Å². The van der Waals surface area contributed by atoms with Crippen molar-refractivity contribution in [1.29, 1.82) is 5.26 Å². The van der Waals surface area contributed by atoms with Gasteiger partial charge in [0.1, 0.15) is 36.7 Å². The highest BCUT2D eigenvalue weighted by atomic mass is 32.2. The first kappa shape index (κ1) is 39.9. The number of esters is 2.